The fourth-order valence-corrected chi connectivity index (χ4v) is 2.72. The Labute approximate surface area is 176 Å². The normalized spacial score (nSPS) is 10.6. The summed E-state index contributed by atoms with van der Waals surface area (Å²) in [6, 6.07) is 13.2. The first kappa shape index (κ1) is 21.1. The minimum atomic E-state index is -0.564. The van der Waals surface area contributed by atoms with E-state index in [1.807, 2.05) is 0 Å². The number of allylic oxidation sites excluding steroid dienone is 1. The van der Waals surface area contributed by atoms with Crippen molar-refractivity contribution in [1.82, 2.24) is 4.98 Å². The lowest BCUT2D eigenvalue weighted by molar-refractivity contribution is -0.385. The van der Waals surface area contributed by atoms with Gasteiger partial charge in [0.05, 0.1) is 22.5 Å². The van der Waals surface area contributed by atoms with Crippen LogP contribution in [0.25, 0.3) is 6.08 Å². The van der Waals surface area contributed by atoms with Crippen LogP contribution >= 0.6 is 0 Å². The number of anilines is 2. The van der Waals surface area contributed by atoms with E-state index in [1.54, 1.807) is 18.2 Å². The fourth-order valence-electron chi connectivity index (χ4n) is 2.72. The van der Waals surface area contributed by atoms with Crippen LogP contribution in [0.4, 0.5) is 22.9 Å². The summed E-state index contributed by atoms with van der Waals surface area (Å²) in [5.41, 5.74) is 0.973. The number of aromatic nitrogens is 1. The number of hydrogen-bond acceptors (Lipinski definition) is 8. The first-order valence-corrected chi connectivity index (χ1v) is 8.90. The third-order valence-corrected chi connectivity index (χ3v) is 4.24. The van der Waals surface area contributed by atoms with E-state index >= 15 is 0 Å². The average molecular weight is 420 g/mol. The van der Waals surface area contributed by atoms with E-state index in [1.165, 1.54) is 61.9 Å². The summed E-state index contributed by atoms with van der Waals surface area (Å²) >= 11 is 0. The third-order valence-electron chi connectivity index (χ3n) is 4.24. The molecule has 0 saturated carbocycles. The van der Waals surface area contributed by atoms with Gasteiger partial charge in [-0.15, -0.1) is 0 Å². The van der Waals surface area contributed by atoms with Crippen LogP contribution in [0.3, 0.4) is 0 Å². The van der Waals surface area contributed by atoms with Gasteiger partial charge in [-0.25, -0.2) is 4.98 Å². The summed E-state index contributed by atoms with van der Waals surface area (Å²) < 4.78 is 4.96. The number of benzene rings is 2. The molecule has 3 rings (SSSR count). The van der Waals surface area contributed by atoms with Crippen molar-refractivity contribution in [2.45, 2.75) is 0 Å². The van der Waals surface area contributed by atoms with Gasteiger partial charge in [-0.1, -0.05) is 12.1 Å². The predicted octanol–water partition coefficient (Wildman–Crippen LogP) is 4.55. The number of rotatable bonds is 8. The quantitative estimate of drug-likeness (QED) is 0.242. The summed E-state index contributed by atoms with van der Waals surface area (Å²) in [7, 11) is 1.34. The van der Waals surface area contributed by atoms with E-state index in [2.05, 4.69) is 10.3 Å². The van der Waals surface area contributed by atoms with Crippen molar-refractivity contribution >= 4 is 34.7 Å². The molecule has 0 aliphatic heterocycles. The van der Waals surface area contributed by atoms with Gasteiger partial charge in [0.15, 0.2) is 11.5 Å². The van der Waals surface area contributed by atoms with Crippen molar-refractivity contribution in [1.29, 1.82) is 0 Å². The maximum absolute atomic E-state index is 12.7. The van der Waals surface area contributed by atoms with Crippen LogP contribution in [0.5, 0.6) is 5.75 Å². The van der Waals surface area contributed by atoms with Gasteiger partial charge in [-0.2, -0.15) is 0 Å². The molecule has 10 nitrogen and oxygen atoms in total. The Morgan fingerprint density at radius 3 is 2.45 bits per heavy atom. The van der Waals surface area contributed by atoms with Crippen LogP contribution < -0.4 is 10.1 Å². The Morgan fingerprint density at radius 2 is 1.81 bits per heavy atom. The number of nitro benzene ring substituents is 2. The summed E-state index contributed by atoms with van der Waals surface area (Å²) in [4.78, 5) is 37.7. The molecule has 0 saturated heterocycles. The lowest BCUT2D eigenvalue weighted by atomic mass is 10.1. The molecule has 0 fully saturated rings. The van der Waals surface area contributed by atoms with Crippen molar-refractivity contribution in [2.75, 3.05) is 12.4 Å². The van der Waals surface area contributed by atoms with Crippen LogP contribution in [0, 0.1) is 20.2 Å². The molecule has 1 N–H and O–H groups in total. The minimum absolute atomic E-state index is 0.0561. The van der Waals surface area contributed by atoms with Gasteiger partial charge < -0.3 is 10.1 Å². The Morgan fingerprint density at radius 1 is 1.06 bits per heavy atom. The monoisotopic (exact) mass is 420 g/mol. The van der Waals surface area contributed by atoms with E-state index < -0.39 is 9.85 Å². The van der Waals surface area contributed by atoms with E-state index in [0.717, 1.165) is 0 Å². The highest BCUT2D eigenvalue weighted by Gasteiger charge is 2.15. The molecule has 10 heteroatoms. The van der Waals surface area contributed by atoms with Crippen molar-refractivity contribution < 1.29 is 19.4 Å². The lowest BCUT2D eigenvalue weighted by Crippen LogP contribution is -2.03. The van der Waals surface area contributed by atoms with Gasteiger partial charge in [0.2, 0.25) is 0 Å². The lowest BCUT2D eigenvalue weighted by Gasteiger charge is -2.09. The molecule has 0 spiro atoms. The molecule has 31 heavy (non-hydrogen) atoms. The topological polar surface area (TPSA) is 138 Å². The third kappa shape index (κ3) is 5.07. The number of carbonyl (C=O) groups excluding carboxylic acids is 1. The van der Waals surface area contributed by atoms with E-state index in [0.29, 0.717) is 11.3 Å². The number of carbonyl (C=O) groups is 1. The minimum Gasteiger partial charge on any atom is -0.490 e. The molecule has 0 aliphatic rings. The number of ether oxygens (including phenoxy) is 1. The summed E-state index contributed by atoms with van der Waals surface area (Å²) in [5.74, 6) is 0.0121. The maximum Gasteiger partial charge on any atom is 0.311 e. The number of methoxy groups -OCH3 is 1. The fraction of sp³-hybridized carbons (Fsp3) is 0.0476. The van der Waals surface area contributed by atoms with Gasteiger partial charge in [0.1, 0.15) is 5.82 Å². The number of pyridine rings is 1. The highest BCUT2D eigenvalue weighted by molar-refractivity contribution is 6.10. The highest BCUT2D eigenvalue weighted by atomic mass is 16.6. The molecule has 2 aromatic carbocycles. The zero-order chi connectivity index (χ0) is 22.4. The predicted molar refractivity (Wildman–Crippen MR) is 114 cm³/mol. The molecule has 0 bridgehead atoms. The Balaban J connectivity index is 1.82. The highest BCUT2D eigenvalue weighted by Crippen LogP contribution is 2.28. The molecule has 0 unspecified atom stereocenters. The van der Waals surface area contributed by atoms with Crippen LogP contribution in [-0.4, -0.2) is 27.7 Å². The van der Waals surface area contributed by atoms with Crippen LogP contribution in [0.1, 0.15) is 15.9 Å². The first-order valence-electron chi connectivity index (χ1n) is 8.90. The van der Waals surface area contributed by atoms with Crippen LogP contribution in [-0.2, 0) is 0 Å². The second kappa shape index (κ2) is 9.27. The Kier molecular flexibility index (Phi) is 6.31. The zero-order valence-corrected chi connectivity index (χ0v) is 16.2. The number of nitrogens with one attached hydrogen (secondary N) is 1. The van der Waals surface area contributed by atoms with E-state index in [9.17, 15) is 25.0 Å². The second-order valence-electron chi connectivity index (χ2n) is 6.21. The Hall–Kier alpha value is -4.60. The number of nitrogens with zero attached hydrogens (tertiary/aromatic N) is 3. The van der Waals surface area contributed by atoms with Gasteiger partial charge in [0.25, 0.3) is 5.69 Å². The molecule has 0 amide bonds. The molecule has 0 radical (unpaired) electrons. The van der Waals surface area contributed by atoms with Crippen LogP contribution in [0.2, 0.25) is 0 Å². The van der Waals surface area contributed by atoms with E-state index in [4.69, 9.17) is 4.74 Å². The zero-order valence-electron chi connectivity index (χ0n) is 16.2. The smallest absolute Gasteiger partial charge is 0.311 e. The van der Waals surface area contributed by atoms with Gasteiger partial charge in [0, 0.05) is 30.1 Å². The SMILES string of the molecule is COc1ccc(C=CC(=O)c2cccnc2Nc2ccc([N+](=O)[O-])cc2)cc1[N+](=O)[O-]. The Bertz CT molecular complexity index is 1170. The molecule has 3 aromatic rings. The molecule has 1 aromatic heterocycles. The van der Waals surface area contributed by atoms with Crippen molar-refractivity contribution in [3.05, 3.63) is 98.2 Å². The number of ketones is 1. The largest absolute Gasteiger partial charge is 0.490 e. The second-order valence-corrected chi connectivity index (χ2v) is 6.21. The average Bonchev–Trinajstić information content (AvgIpc) is 2.78. The standard InChI is InChI=1S/C21H16N4O6/c1-31-20-11-5-14(13-18(20)25(29)30)4-10-19(26)17-3-2-12-22-21(17)23-15-6-8-16(9-7-15)24(27)28/h2-13H,1H3,(H,22,23). The number of nitro groups is 2. The van der Waals surface area contributed by atoms with Gasteiger partial charge >= 0.3 is 5.69 Å². The van der Waals surface area contributed by atoms with E-state index in [-0.39, 0.29) is 34.3 Å². The molecule has 0 atom stereocenters. The molecular weight excluding hydrogens is 404 g/mol. The molecule has 156 valence electrons. The first-order chi connectivity index (χ1) is 14.9. The summed E-state index contributed by atoms with van der Waals surface area (Å²) in [6.45, 7) is 0. The van der Waals surface area contributed by atoms with Gasteiger partial charge in [-0.3, -0.25) is 25.0 Å². The van der Waals surface area contributed by atoms with Crippen molar-refractivity contribution in [3.63, 3.8) is 0 Å². The molecule has 0 aliphatic carbocycles. The van der Waals surface area contributed by atoms with Gasteiger partial charge in [-0.05, 0) is 42.0 Å². The summed E-state index contributed by atoms with van der Waals surface area (Å²) in [6.07, 6.45) is 4.24. The molecular formula is C21H16N4O6. The molecule has 1 heterocycles. The van der Waals surface area contributed by atoms with Crippen molar-refractivity contribution in [2.24, 2.45) is 0 Å². The number of non-ortho nitro benzene ring substituents is 1. The summed E-state index contributed by atoms with van der Waals surface area (Å²) in [5, 5.41) is 24.9. The number of hydrogen-bond donors (Lipinski definition) is 1. The van der Waals surface area contributed by atoms with Crippen LogP contribution in [0.15, 0.2) is 66.9 Å². The maximum atomic E-state index is 12.7. The van der Waals surface area contributed by atoms with Crippen molar-refractivity contribution in [3.8, 4) is 5.75 Å².